The summed E-state index contributed by atoms with van der Waals surface area (Å²) in [7, 11) is 0. The lowest BCUT2D eigenvalue weighted by atomic mass is 10.1. The van der Waals surface area contributed by atoms with E-state index in [0.29, 0.717) is 22.9 Å². The Bertz CT molecular complexity index is 1040. The molecule has 1 aliphatic rings. The lowest BCUT2D eigenvalue weighted by molar-refractivity contribution is -0.384. The maximum atomic E-state index is 11.3. The van der Waals surface area contributed by atoms with Gasteiger partial charge in [-0.1, -0.05) is 23.4 Å². The highest BCUT2D eigenvalue weighted by atomic mass is 35.5. The molecule has 0 spiro atoms. The van der Waals surface area contributed by atoms with Crippen molar-refractivity contribution < 1.29 is 9.34 Å². The van der Waals surface area contributed by atoms with Gasteiger partial charge < -0.3 is 4.42 Å². The van der Waals surface area contributed by atoms with E-state index in [0.717, 1.165) is 41.7 Å². The van der Waals surface area contributed by atoms with Gasteiger partial charge in [0, 0.05) is 42.4 Å². The number of benzene rings is 1. The lowest BCUT2D eigenvalue weighted by Gasteiger charge is -2.27. The topological polar surface area (TPSA) is 85.3 Å². The van der Waals surface area contributed by atoms with Gasteiger partial charge in [-0.15, -0.1) is 0 Å². The van der Waals surface area contributed by atoms with Crippen LogP contribution in [0.1, 0.15) is 17.0 Å². The second-order valence-corrected chi connectivity index (χ2v) is 7.68. The first-order valence-corrected chi connectivity index (χ1v) is 10.3. The largest absolute Gasteiger partial charge is 0.459 e. The molecule has 0 saturated carbocycles. The van der Waals surface area contributed by atoms with Crippen LogP contribution in [0.3, 0.4) is 0 Å². The van der Waals surface area contributed by atoms with E-state index in [-0.39, 0.29) is 5.69 Å². The van der Waals surface area contributed by atoms with E-state index in [1.807, 2.05) is 18.5 Å². The number of nitro groups is 1. The molecule has 4 rings (SSSR count). The fraction of sp³-hybridized carbons (Fsp3) is 0.263. The Morgan fingerprint density at radius 3 is 3.00 bits per heavy atom. The molecule has 3 heterocycles. The van der Waals surface area contributed by atoms with Gasteiger partial charge >= 0.3 is 0 Å². The van der Waals surface area contributed by atoms with Crippen LogP contribution in [0.25, 0.3) is 11.3 Å². The first-order valence-electron chi connectivity index (χ1n) is 8.67. The molecule has 28 heavy (non-hydrogen) atoms. The number of thioether (sulfide) groups is 1. The van der Waals surface area contributed by atoms with Crippen molar-refractivity contribution in [2.45, 2.75) is 24.7 Å². The molecule has 144 valence electrons. The maximum absolute atomic E-state index is 11.3. The molecule has 0 fully saturated rings. The molecule has 3 aromatic rings. The van der Waals surface area contributed by atoms with E-state index in [4.69, 9.17) is 16.0 Å². The highest BCUT2D eigenvalue weighted by molar-refractivity contribution is 7.98. The Kier molecular flexibility index (Phi) is 5.34. The molecule has 0 N–H and O–H groups in total. The minimum Gasteiger partial charge on any atom is -0.459 e. The number of fused-ring (bicyclic) bond motifs is 1. The zero-order valence-electron chi connectivity index (χ0n) is 15.1. The third-order valence-corrected chi connectivity index (χ3v) is 5.43. The molecule has 1 aromatic carbocycles. The molecular formula is C19H17ClN4O3S. The predicted octanol–water partition coefficient (Wildman–Crippen LogP) is 4.58. The van der Waals surface area contributed by atoms with Crippen molar-refractivity contribution in [2.24, 2.45) is 0 Å². The fourth-order valence-corrected chi connectivity index (χ4v) is 3.81. The van der Waals surface area contributed by atoms with Crippen molar-refractivity contribution in [1.29, 1.82) is 0 Å². The Morgan fingerprint density at radius 1 is 1.36 bits per heavy atom. The summed E-state index contributed by atoms with van der Waals surface area (Å²) < 4.78 is 5.90. The molecule has 0 unspecified atom stereocenters. The number of nitrogens with zero attached hydrogens (tertiary/aromatic N) is 4. The van der Waals surface area contributed by atoms with Crippen molar-refractivity contribution in [2.75, 3.05) is 12.8 Å². The first kappa shape index (κ1) is 18.9. The van der Waals surface area contributed by atoms with Crippen molar-refractivity contribution in [3.63, 3.8) is 0 Å². The van der Waals surface area contributed by atoms with Gasteiger partial charge in [-0.05, 0) is 30.5 Å². The van der Waals surface area contributed by atoms with Gasteiger partial charge in [0.25, 0.3) is 5.69 Å². The van der Waals surface area contributed by atoms with E-state index in [1.165, 1.54) is 6.07 Å². The second-order valence-electron chi connectivity index (χ2n) is 6.47. The van der Waals surface area contributed by atoms with Crippen LogP contribution in [0, 0.1) is 10.1 Å². The molecule has 0 amide bonds. The van der Waals surface area contributed by atoms with Crippen LogP contribution in [0.15, 0.2) is 46.1 Å². The van der Waals surface area contributed by atoms with Gasteiger partial charge in [0.15, 0.2) is 5.16 Å². The van der Waals surface area contributed by atoms with E-state index >= 15 is 0 Å². The number of furan rings is 1. The summed E-state index contributed by atoms with van der Waals surface area (Å²) in [5, 5.41) is 12.4. The molecule has 0 aliphatic carbocycles. The van der Waals surface area contributed by atoms with Crippen molar-refractivity contribution >= 4 is 29.1 Å². The summed E-state index contributed by atoms with van der Waals surface area (Å²) in [4.78, 5) is 22.1. The minimum atomic E-state index is -0.451. The van der Waals surface area contributed by atoms with Crippen LogP contribution in [-0.4, -0.2) is 32.6 Å². The summed E-state index contributed by atoms with van der Waals surface area (Å²) in [6.07, 6.45) is 4.73. The Morgan fingerprint density at radius 2 is 2.21 bits per heavy atom. The van der Waals surface area contributed by atoms with Gasteiger partial charge in [0.2, 0.25) is 0 Å². The second kappa shape index (κ2) is 7.90. The zero-order valence-corrected chi connectivity index (χ0v) is 16.7. The quantitative estimate of drug-likeness (QED) is 0.260. The number of aromatic nitrogens is 2. The zero-order chi connectivity index (χ0) is 19.7. The smallest absolute Gasteiger partial charge is 0.281 e. The predicted molar refractivity (Wildman–Crippen MR) is 107 cm³/mol. The molecular weight excluding hydrogens is 400 g/mol. The number of hydrogen-bond donors (Lipinski definition) is 0. The Balaban J connectivity index is 1.51. The summed E-state index contributed by atoms with van der Waals surface area (Å²) in [6.45, 7) is 2.24. The Labute approximate surface area is 170 Å². The number of hydrogen-bond acceptors (Lipinski definition) is 7. The van der Waals surface area contributed by atoms with E-state index in [1.54, 1.807) is 30.0 Å². The molecule has 0 radical (unpaired) electrons. The third kappa shape index (κ3) is 3.89. The van der Waals surface area contributed by atoms with Crippen LogP contribution < -0.4 is 0 Å². The van der Waals surface area contributed by atoms with E-state index in [9.17, 15) is 10.1 Å². The molecule has 0 saturated heterocycles. The van der Waals surface area contributed by atoms with Gasteiger partial charge in [-0.3, -0.25) is 15.0 Å². The highest BCUT2D eigenvalue weighted by Crippen LogP contribution is 2.33. The maximum Gasteiger partial charge on any atom is 0.281 e. The van der Waals surface area contributed by atoms with E-state index in [2.05, 4.69) is 14.9 Å². The minimum absolute atomic E-state index is 0.0675. The summed E-state index contributed by atoms with van der Waals surface area (Å²) >= 11 is 7.43. The molecule has 0 bridgehead atoms. The summed E-state index contributed by atoms with van der Waals surface area (Å²) in [5.41, 5.74) is 2.58. The van der Waals surface area contributed by atoms with Crippen LogP contribution in [0.5, 0.6) is 0 Å². The van der Waals surface area contributed by atoms with Crippen LogP contribution in [0.2, 0.25) is 5.02 Å². The molecule has 9 heteroatoms. The fourth-order valence-electron chi connectivity index (χ4n) is 3.28. The third-order valence-electron chi connectivity index (χ3n) is 4.64. The molecule has 2 aromatic heterocycles. The molecule has 1 aliphatic heterocycles. The van der Waals surface area contributed by atoms with Crippen molar-refractivity contribution in [3.8, 4) is 11.3 Å². The Hall–Kier alpha value is -2.42. The molecule has 7 nitrogen and oxygen atoms in total. The highest BCUT2D eigenvalue weighted by Gasteiger charge is 2.22. The van der Waals surface area contributed by atoms with Crippen LogP contribution in [-0.2, 0) is 19.5 Å². The summed E-state index contributed by atoms with van der Waals surface area (Å²) in [5.74, 6) is 1.22. The van der Waals surface area contributed by atoms with Crippen molar-refractivity contribution in [1.82, 2.24) is 14.9 Å². The van der Waals surface area contributed by atoms with Gasteiger partial charge in [-0.25, -0.2) is 9.97 Å². The van der Waals surface area contributed by atoms with Gasteiger partial charge in [0.05, 0.1) is 22.7 Å². The lowest BCUT2D eigenvalue weighted by Crippen LogP contribution is -2.30. The number of halogens is 1. The monoisotopic (exact) mass is 416 g/mol. The average Bonchev–Trinajstić information content (AvgIpc) is 3.15. The SMILES string of the molecule is CSc1ncc2c(n1)CCN(Cc1ccc(-c3ccc(Cl)cc3[N+](=O)[O-])o1)C2. The van der Waals surface area contributed by atoms with E-state index < -0.39 is 4.92 Å². The summed E-state index contributed by atoms with van der Waals surface area (Å²) in [6, 6.07) is 8.19. The molecule has 0 atom stereocenters. The van der Waals surface area contributed by atoms with Crippen molar-refractivity contribution in [3.05, 3.63) is 68.7 Å². The van der Waals surface area contributed by atoms with Gasteiger partial charge in [0.1, 0.15) is 11.5 Å². The first-order chi connectivity index (χ1) is 13.5. The normalized spacial score (nSPS) is 14.1. The van der Waals surface area contributed by atoms with Crippen LogP contribution >= 0.6 is 23.4 Å². The van der Waals surface area contributed by atoms with Crippen LogP contribution in [0.4, 0.5) is 5.69 Å². The number of rotatable bonds is 5. The standard InChI is InChI=1S/C19H17ClN4O3S/c1-28-19-21-9-12-10-23(7-6-16(12)22-19)11-14-3-5-18(27-14)15-4-2-13(20)8-17(15)24(25)26/h2-5,8-9H,6-7,10-11H2,1H3. The van der Waals surface area contributed by atoms with Gasteiger partial charge in [-0.2, -0.15) is 0 Å². The number of nitro benzene ring substituents is 1. The average molecular weight is 417 g/mol.